The van der Waals surface area contributed by atoms with E-state index in [-0.39, 0.29) is 17.1 Å². The largest absolute Gasteiger partial charge is 0.478 e. The van der Waals surface area contributed by atoms with Crippen molar-refractivity contribution in [1.29, 1.82) is 0 Å². The Bertz CT molecular complexity index is 683. The number of aromatic carboxylic acids is 1. The molecular formula is C15H13FO3S. The van der Waals surface area contributed by atoms with Crippen molar-refractivity contribution >= 4 is 16.8 Å². The minimum atomic E-state index is -1.41. The van der Waals surface area contributed by atoms with Crippen LogP contribution >= 0.6 is 0 Å². The van der Waals surface area contributed by atoms with Crippen LogP contribution in [0.5, 0.6) is 0 Å². The van der Waals surface area contributed by atoms with Gasteiger partial charge in [0.05, 0.1) is 22.1 Å². The smallest absolute Gasteiger partial charge is 0.335 e. The van der Waals surface area contributed by atoms with Crippen molar-refractivity contribution in [3.63, 3.8) is 0 Å². The number of aryl methyl sites for hydroxylation is 1. The summed E-state index contributed by atoms with van der Waals surface area (Å²) in [5, 5.41) is 8.91. The maximum Gasteiger partial charge on any atom is 0.335 e. The van der Waals surface area contributed by atoms with Crippen molar-refractivity contribution in [2.75, 3.05) is 0 Å². The molecule has 0 heterocycles. The van der Waals surface area contributed by atoms with Gasteiger partial charge in [-0.2, -0.15) is 0 Å². The number of hydrogen-bond donors (Lipinski definition) is 1. The second kappa shape index (κ2) is 5.96. The molecule has 0 amide bonds. The molecule has 20 heavy (non-hydrogen) atoms. The van der Waals surface area contributed by atoms with Crippen LogP contribution in [0.1, 0.15) is 21.5 Å². The molecule has 0 aliphatic rings. The zero-order valence-electron chi connectivity index (χ0n) is 10.8. The van der Waals surface area contributed by atoms with E-state index in [1.54, 1.807) is 18.2 Å². The second-order valence-corrected chi connectivity index (χ2v) is 5.84. The van der Waals surface area contributed by atoms with Gasteiger partial charge in [0.1, 0.15) is 5.82 Å². The fourth-order valence-electron chi connectivity index (χ4n) is 1.79. The molecule has 0 radical (unpaired) electrons. The van der Waals surface area contributed by atoms with Crippen molar-refractivity contribution < 1.29 is 18.5 Å². The van der Waals surface area contributed by atoms with E-state index in [1.165, 1.54) is 24.3 Å². The first kappa shape index (κ1) is 14.4. The highest BCUT2D eigenvalue weighted by molar-refractivity contribution is 7.84. The van der Waals surface area contributed by atoms with Gasteiger partial charge in [-0.1, -0.05) is 12.1 Å². The number of benzene rings is 2. The van der Waals surface area contributed by atoms with E-state index in [2.05, 4.69) is 0 Å². The Kier molecular flexibility index (Phi) is 4.29. The summed E-state index contributed by atoms with van der Waals surface area (Å²) >= 11 is 0. The van der Waals surface area contributed by atoms with E-state index in [0.29, 0.717) is 10.5 Å². The van der Waals surface area contributed by atoms with Crippen LogP contribution in [0.3, 0.4) is 0 Å². The lowest BCUT2D eigenvalue weighted by atomic mass is 10.1. The molecule has 0 aromatic heterocycles. The molecular weight excluding hydrogens is 279 g/mol. The zero-order valence-corrected chi connectivity index (χ0v) is 11.6. The molecule has 2 aromatic rings. The Labute approximate surface area is 118 Å². The highest BCUT2D eigenvalue weighted by Gasteiger charge is 2.11. The van der Waals surface area contributed by atoms with Crippen LogP contribution in [0.2, 0.25) is 0 Å². The van der Waals surface area contributed by atoms with Crippen molar-refractivity contribution in [3.8, 4) is 0 Å². The molecule has 0 aliphatic carbocycles. The molecule has 0 bridgehead atoms. The van der Waals surface area contributed by atoms with E-state index in [9.17, 15) is 13.4 Å². The average Bonchev–Trinajstić information content (AvgIpc) is 2.43. The van der Waals surface area contributed by atoms with E-state index in [4.69, 9.17) is 5.11 Å². The van der Waals surface area contributed by atoms with Gasteiger partial charge in [0, 0.05) is 4.90 Å². The van der Waals surface area contributed by atoms with Gasteiger partial charge >= 0.3 is 5.97 Å². The first-order chi connectivity index (χ1) is 9.47. The molecule has 3 nitrogen and oxygen atoms in total. The van der Waals surface area contributed by atoms with Crippen molar-refractivity contribution in [2.45, 2.75) is 17.6 Å². The Morgan fingerprint density at radius 2 is 2.00 bits per heavy atom. The molecule has 0 saturated carbocycles. The average molecular weight is 292 g/mol. The van der Waals surface area contributed by atoms with Crippen LogP contribution in [0.25, 0.3) is 0 Å². The maximum absolute atomic E-state index is 13.2. The number of rotatable bonds is 4. The minimum absolute atomic E-state index is 0.0896. The van der Waals surface area contributed by atoms with Crippen LogP contribution in [-0.2, 0) is 16.6 Å². The first-order valence-corrected chi connectivity index (χ1v) is 7.26. The number of carbonyl (C=O) groups is 1. The molecule has 2 rings (SSSR count). The Balaban J connectivity index is 2.26. The number of carboxylic acid groups (broad SMARTS) is 1. The lowest BCUT2D eigenvalue weighted by Gasteiger charge is -2.07. The zero-order chi connectivity index (χ0) is 14.7. The van der Waals surface area contributed by atoms with Gasteiger partial charge in [0.2, 0.25) is 0 Å². The van der Waals surface area contributed by atoms with Gasteiger partial charge in [0.25, 0.3) is 0 Å². The third-order valence-electron chi connectivity index (χ3n) is 2.94. The normalized spacial score (nSPS) is 12.1. The topological polar surface area (TPSA) is 54.4 Å². The van der Waals surface area contributed by atoms with Gasteiger partial charge in [0.15, 0.2) is 0 Å². The summed E-state index contributed by atoms with van der Waals surface area (Å²) in [6, 6.07) is 10.3. The number of hydrogen-bond acceptors (Lipinski definition) is 2. The first-order valence-electron chi connectivity index (χ1n) is 5.94. The molecule has 1 N–H and O–H groups in total. The molecule has 0 spiro atoms. The number of halogens is 1. The maximum atomic E-state index is 13.2. The molecule has 1 atom stereocenters. The Morgan fingerprint density at radius 3 is 2.70 bits per heavy atom. The summed E-state index contributed by atoms with van der Waals surface area (Å²) in [6.07, 6.45) is 0. The fraction of sp³-hybridized carbons (Fsp3) is 0.133. The van der Waals surface area contributed by atoms with E-state index in [0.717, 1.165) is 5.56 Å². The van der Waals surface area contributed by atoms with Crippen molar-refractivity contribution in [3.05, 3.63) is 65.0 Å². The predicted molar refractivity (Wildman–Crippen MR) is 74.7 cm³/mol. The lowest BCUT2D eigenvalue weighted by molar-refractivity contribution is 0.0696. The second-order valence-electron chi connectivity index (χ2n) is 4.39. The van der Waals surface area contributed by atoms with Gasteiger partial charge < -0.3 is 5.11 Å². The molecule has 104 valence electrons. The van der Waals surface area contributed by atoms with Gasteiger partial charge in [-0.25, -0.2) is 9.18 Å². The van der Waals surface area contributed by atoms with Gasteiger partial charge in [-0.3, -0.25) is 4.21 Å². The third kappa shape index (κ3) is 3.30. The van der Waals surface area contributed by atoms with Crippen LogP contribution in [0, 0.1) is 12.7 Å². The minimum Gasteiger partial charge on any atom is -0.478 e. The molecule has 0 saturated heterocycles. The summed E-state index contributed by atoms with van der Waals surface area (Å²) in [4.78, 5) is 11.3. The van der Waals surface area contributed by atoms with Crippen LogP contribution < -0.4 is 0 Å². The predicted octanol–water partition coefficient (Wildman–Crippen LogP) is 3.14. The quantitative estimate of drug-likeness (QED) is 0.942. The Morgan fingerprint density at radius 1 is 1.25 bits per heavy atom. The van der Waals surface area contributed by atoms with Crippen LogP contribution in [0.4, 0.5) is 4.39 Å². The molecule has 0 fully saturated rings. The van der Waals surface area contributed by atoms with Gasteiger partial charge in [-0.05, 0) is 48.4 Å². The Hall–Kier alpha value is -2.01. The lowest BCUT2D eigenvalue weighted by Crippen LogP contribution is -2.02. The molecule has 0 aliphatic heterocycles. The summed E-state index contributed by atoms with van der Waals surface area (Å²) < 4.78 is 25.4. The summed E-state index contributed by atoms with van der Waals surface area (Å²) in [5.41, 5.74) is 1.60. The summed E-state index contributed by atoms with van der Waals surface area (Å²) in [6.45, 7) is 1.82. The highest BCUT2D eigenvalue weighted by Crippen LogP contribution is 2.17. The summed E-state index contributed by atoms with van der Waals surface area (Å²) in [7, 11) is -1.41. The van der Waals surface area contributed by atoms with E-state index < -0.39 is 16.8 Å². The summed E-state index contributed by atoms with van der Waals surface area (Å²) in [5.74, 6) is -1.28. The SMILES string of the molecule is Cc1ccc(F)cc1CS(=O)c1cccc(C(=O)O)c1. The van der Waals surface area contributed by atoms with E-state index >= 15 is 0 Å². The molecule has 1 unspecified atom stereocenters. The van der Waals surface area contributed by atoms with Crippen LogP contribution in [-0.4, -0.2) is 15.3 Å². The van der Waals surface area contributed by atoms with Crippen molar-refractivity contribution in [2.24, 2.45) is 0 Å². The fourth-order valence-corrected chi connectivity index (χ4v) is 3.04. The number of carboxylic acids is 1. The van der Waals surface area contributed by atoms with Crippen molar-refractivity contribution in [1.82, 2.24) is 0 Å². The molecule has 5 heteroatoms. The monoisotopic (exact) mass is 292 g/mol. The van der Waals surface area contributed by atoms with Gasteiger partial charge in [-0.15, -0.1) is 0 Å². The third-order valence-corrected chi connectivity index (χ3v) is 4.29. The highest BCUT2D eigenvalue weighted by atomic mass is 32.2. The van der Waals surface area contributed by atoms with E-state index in [1.807, 2.05) is 6.92 Å². The van der Waals surface area contributed by atoms with Crippen LogP contribution in [0.15, 0.2) is 47.4 Å². The standard InChI is InChI=1S/C15H13FO3S/c1-10-5-6-13(16)7-12(10)9-20(19)14-4-2-3-11(8-14)15(17)18/h2-8H,9H2,1H3,(H,17,18). The molecule has 2 aromatic carbocycles.